The molecule has 1 aliphatic rings. The van der Waals surface area contributed by atoms with Crippen LogP contribution in [0.25, 0.3) is 0 Å². The van der Waals surface area contributed by atoms with Gasteiger partial charge in [-0.15, -0.1) is 0 Å². The first kappa shape index (κ1) is 12.1. The fourth-order valence-corrected chi connectivity index (χ4v) is 2.14. The SMILES string of the molecule is CCc1ccccc1C(=O)N1CC(O)C(O)C1. The number of likely N-dealkylation sites (tertiary alicyclic amines) is 1. The summed E-state index contributed by atoms with van der Waals surface area (Å²) < 4.78 is 0. The summed E-state index contributed by atoms with van der Waals surface area (Å²) in [5.41, 5.74) is 1.66. The lowest BCUT2D eigenvalue weighted by Crippen LogP contribution is -2.30. The summed E-state index contributed by atoms with van der Waals surface area (Å²) in [5, 5.41) is 18.9. The average molecular weight is 235 g/mol. The molecule has 2 unspecified atom stereocenters. The van der Waals surface area contributed by atoms with Crippen LogP contribution in [0.15, 0.2) is 24.3 Å². The van der Waals surface area contributed by atoms with Gasteiger partial charge in [0.15, 0.2) is 0 Å². The molecule has 2 atom stereocenters. The van der Waals surface area contributed by atoms with Gasteiger partial charge in [-0.1, -0.05) is 25.1 Å². The molecule has 0 aromatic heterocycles. The molecule has 0 aliphatic carbocycles. The Morgan fingerprint density at radius 3 is 2.47 bits per heavy atom. The van der Waals surface area contributed by atoms with Gasteiger partial charge < -0.3 is 15.1 Å². The van der Waals surface area contributed by atoms with Crippen LogP contribution in [0.2, 0.25) is 0 Å². The number of amides is 1. The predicted octanol–water partition coefficient (Wildman–Crippen LogP) is 0.427. The number of hydrogen-bond acceptors (Lipinski definition) is 3. The molecule has 0 radical (unpaired) electrons. The lowest BCUT2D eigenvalue weighted by Gasteiger charge is -2.17. The number of aliphatic hydroxyl groups is 2. The van der Waals surface area contributed by atoms with E-state index in [-0.39, 0.29) is 19.0 Å². The van der Waals surface area contributed by atoms with Gasteiger partial charge in [0.2, 0.25) is 0 Å². The van der Waals surface area contributed by atoms with Crippen LogP contribution in [0.3, 0.4) is 0 Å². The molecule has 1 fully saturated rings. The maximum Gasteiger partial charge on any atom is 0.254 e. The van der Waals surface area contributed by atoms with E-state index in [2.05, 4.69) is 0 Å². The number of aliphatic hydroxyl groups excluding tert-OH is 2. The van der Waals surface area contributed by atoms with Crippen molar-refractivity contribution in [3.63, 3.8) is 0 Å². The largest absolute Gasteiger partial charge is 0.388 e. The fourth-order valence-electron chi connectivity index (χ4n) is 2.14. The van der Waals surface area contributed by atoms with Crippen LogP contribution in [0.1, 0.15) is 22.8 Å². The van der Waals surface area contributed by atoms with Crippen molar-refractivity contribution in [2.45, 2.75) is 25.6 Å². The summed E-state index contributed by atoms with van der Waals surface area (Å²) in [6.07, 6.45) is -0.860. The van der Waals surface area contributed by atoms with Crippen molar-refractivity contribution < 1.29 is 15.0 Å². The van der Waals surface area contributed by atoms with E-state index in [1.54, 1.807) is 6.07 Å². The molecule has 1 heterocycles. The first-order chi connectivity index (χ1) is 8.13. The molecule has 1 aliphatic heterocycles. The second kappa shape index (κ2) is 4.85. The van der Waals surface area contributed by atoms with E-state index < -0.39 is 12.2 Å². The van der Waals surface area contributed by atoms with Crippen LogP contribution in [-0.2, 0) is 6.42 Å². The fraction of sp³-hybridized carbons (Fsp3) is 0.462. The first-order valence-electron chi connectivity index (χ1n) is 5.86. The monoisotopic (exact) mass is 235 g/mol. The van der Waals surface area contributed by atoms with Crippen LogP contribution in [0, 0.1) is 0 Å². The molecule has 4 nitrogen and oxygen atoms in total. The van der Waals surface area contributed by atoms with Crippen LogP contribution in [0.5, 0.6) is 0 Å². The van der Waals surface area contributed by atoms with Gasteiger partial charge in [-0.25, -0.2) is 0 Å². The topological polar surface area (TPSA) is 60.8 Å². The van der Waals surface area contributed by atoms with Crippen molar-refractivity contribution in [1.29, 1.82) is 0 Å². The Morgan fingerprint density at radius 2 is 1.88 bits per heavy atom. The Labute approximate surface area is 100 Å². The van der Waals surface area contributed by atoms with E-state index in [4.69, 9.17) is 0 Å². The highest BCUT2D eigenvalue weighted by Gasteiger charge is 2.33. The van der Waals surface area contributed by atoms with Gasteiger partial charge in [0.05, 0.1) is 12.2 Å². The number of carbonyl (C=O) groups is 1. The smallest absolute Gasteiger partial charge is 0.254 e. The van der Waals surface area contributed by atoms with E-state index in [0.717, 1.165) is 12.0 Å². The molecule has 1 aromatic carbocycles. The van der Waals surface area contributed by atoms with Crippen LogP contribution >= 0.6 is 0 Å². The van der Waals surface area contributed by atoms with Gasteiger partial charge in [0.25, 0.3) is 5.91 Å². The summed E-state index contributed by atoms with van der Waals surface area (Å²) in [4.78, 5) is 13.7. The van der Waals surface area contributed by atoms with Crippen LogP contribution in [-0.4, -0.2) is 46.3 Å². The highest BCUT2D eigenvalue weighted by Crippen LogP contribution is 2.17. The summed E-state index contributed by atoms with van der Waals surface area (Å²) in [6, 6.07) is 7.45. The van der Waals surface area contributed by atoms with Crippen molar-refractivity contribution in [3.8, 4) is 0 Å². The Morgan fingerprint density at radius 1 is 1.29 bits per heavy atom. The molecule has 1 aromatic rings. The number of nitrogens with zero attached hydrogens (tertiary/aromatic N) is 1. The molecule has 4 heteroatoms. The molecular weight excluding hydrogens is 218 g/mol. The number of aryl methyl sites for hydroxylation is 1. The van der Waals surface area contributed by atoms with Gasteiger partial charge in [-0.2, -0.15) is 0 Å². The van der Waals surface area contributed by atoms with Gasteiger partial charge in [-0.05, 0) is 18.1 Å². The molecule has 1 amide bonds. The Hall–Kier alpha value is -1.39. The second-order valence-electron chi connectivity index (χ2n) is 4.36. The summed E-state index contributed by atoms with van der Waals surface area (Å²) in [7, 11) is 0. The van der Waals surface area contributed by atoms with Gasteiger partial charge in [0, 0.05) is 18.7 Å². The number of hydrogen-bond donors (Lipinski definition) is 2. The Bertz CT molecular complexity index is 409. The Balaban J connectivity index is 2.20. The van der Waals surface area contributed by atoms with E-state index >= 15 is 0 Å². The molecule has 0 bridgehead atoms. The van der Waals surface area contributed by atoms with Crippen molar-refractivity contribution in [2.24, 2.45) is 0 Å². The minimum Gasteiger partial charge on any atom is -0.388 e. The third-order valence-electron chi connectivity index (χ3n) is 3.17. The van der Waals surface area contributed by atoms with Gasteiger partial charge >= 0.3 is 0 Å². The quantitative estimate of drug-likeness (QED) is 0.781. The van der Waals surface area contributed by atoms with E-state index in [0.29, 0.717) is 5.56 Å². The predicted molar refractivity (Wildman–Crippen MR) is 63.7 cm³/mol. The molecule has 17 heavy (non-hydrogen) atoms. The normalized spacial score (nSPS) is 24.1. The highest BCUT2D eigenvalue weighted by molar-refractivity contribution is 5.96. The minimum atomic E-state index is -0.826. The van der Waals surface area contributed by atoms with Gasteiger partial charge in [0.1, 0.15) is 0 Å². The molecular formula is C13H17NO3. The third kappa shape index (κ3) is 2.33. The number of carbonyl (C=O) groups excluding carboxylic acids is 1. The Kier molecular flexibility index (Phi) is 3.45. The number of β-amino-alcohol motifs (C(OH)–C–C–N with tert-alkyl or cyclic N) is 2. The maximum absolute atomic E-state index is 12.2. The summed E-state index contributed by atoms with van der Waals surface area (Å²) in [6.45, 7) is 2.41. The number of rotatable bonds is 2. The van der Waals surface area contributed by atoms with Crippen molar-refractivity contribution >= 4 is 5.91 Å². The summed E-state index contributed by atoms with van der Waals surface area (Å²) >= 11 is 0. The second-order valence-corrected chi connectivity index (χ2v) is 4.36. The summed E-state index contributed by atoms with van der Waals surface area (Å²) in [5.74, 6) is -0.113. The standard InChI is InChI=1S/C13H17NO3/c1-2-9-5-3-4-6-10(9)13(17)14-7-11(15)12(16)8-14/h3-6,11-12,15-16H,2,7-8H2,1H3. The van der Waals surface area contributed by atoms with Crippen molar-refractivity contribution in [2.75, 3.05) is 13.1 Å². The maximum atomic E-state index is 12.2. The van der Waals surface area contributed by atoms with E-state index in [9.17, 15) is 15.0 Å². The third-order valence-corrected chi connectivity index (χ3v) is 3.17. The molecule has 1 saturated heterocycles. The molecule has 2 N–H and O–H groups in total. The zero-order valence-electron chi connectivity index (χ0n) is 9.84. The lowest BCUT2D eigenvalue weighted by atomic mass is 10.0. The van der Waals surface area contributed by atoms with Gasteiger partial charge in [-0.3, -0.25) is 4.79 Å². The van der Waals surface area contributed by atoms with E-state index in [1.165, 1.54) is 4.90 Å². The lowest BCUT2D eigenvalue weighted by molar-refractivity contribution is 0.0572. The molecule has 92 valence electrons. The first-order valence-corrected chi connectivity index (χ1v) is 5.86. The van der Waals surface area contributed by atoms with Crippen LogP contribution in [0.4, 0.5) is 0 Å². The van der Waals surface area contributed by atoms with Crippen molar-refractivity contribution in [1.82, 2.24) is 4.90 Å². The van der Waals surface area contributed by atoms with Crippen molar-refractivity contribution in [3.05, 3.63) is 35.4 Å². The minimum absolute atomic E-state index is 0.113. The van der Waals surface area contributed by atoms with E-state index in [1.807, 2.05) is 25.1 Å². The molecule has 0 spiro atoms. The highest BCUT2D eigenvalue weighted by atomic mass is 16.3. The average Bonchev–Trinajstić information content (AvgIpc) is 2.68. The van der Waals surface area contributed by atoms with Crippen LogP contribution < -0.4 is 0 Å². The number of benzene rings is 1. The zero-order chi connectivity index (χ0) is 12.4. The molecule has 0 saturated carbocycles. The molecule has 2 rings (SSSR count). The zero-order valence-corrected chi connectivity index (χ0v) is 9.84.